The zero-order chi connectivity index (χ0) is 9.59. The van der Waals surface area contributed by atoms with Gasteiger partial charge >= 0.3 is 6.09 Å². The maximum Gasteiger partial charge on any atom is 0.408 e. The third-order valence-electron chi connectivity index (χ3n) is 2.70. The molecule has 13 heavy (non-hydrogen) atoms. The fraction of sp³-hybridized carbons (Fsp3) is 0.714. The van der Waals surface area contributed by atoms with E-state index in [0.29, 0.717) is 12.3 Å². The van der Waals surface area contributed by atoms with Gasteiger partial charge in [-0.15, -0.1) is 0 Å². The van der Waals surface area contributed by atoms with Crippen molar-refractivity contribution < 1.29 is 15.1 Å². The molecule has 2 aliphatic rings. The normalized spacial score (nSPS) is 37.5. The van der Waals surface area contributed by atoms with E-state index in [1.807, 2.05) is 0 Å². The molecule has 0 unspecified atom stereocenters. The fourth-order valence-corrected chi connectivity index (χ4v) is 2.21. The van der Waals surface area contributed by atoms with Crippen LogP contribution in [-0.2, 0) is 0 Å². The van der Waals surface area contributed by atoms with E-state index in [0.717, 1.165) is 6.42 Å². The number of amides is 1. The Balaban J connectivity index is 2.17. The van der Waals surface area contributed by atoms with E-state index < -0.39 is 12.1 Å². The van der Waals surface area contributed by atoms with Crippen LogP contribution in [0.15, 0.2) is 5.16 Å². The maximum absolute atomic E-state index is 10.8. The van der Waals surface area contributed by atoms with Crippen LogP contribution in [0.25, 0.3) is 0 Å². The third kappa shape index (κ3) is 1.23. The molecule has 5 nitrogen and oxygen atoms in total. The van der Waals surface area contributed by atoms with E-state index in [1.54, 1.807) is 0 Å². The van der Waals surface area contributed by atoms with Gasteiger partial charge in [0.05, 0.1) is 6.04 Å². The molecule has 72 valence electrons. The van der Waals surface area contributed by atoms with Gasteiger partial charge in [-0.25, -0.2) is 4.79 Å². The summed E-state index contributed by atoms with van der Waals surface area (Å²) in [6, 6.07) is -0.342. The monoisotopic (exact) mass is 204 g/mol. The standard InChI is InChI=1S/C7H9ClN2O3/c8-6(9-13)5-2-3-1-4(3)10(5)7(11)12/h3-5,13H,1-2H2,(H,11,12)/b9-6+/t3-,4-,5-/m1/s1. The number of carboxylic acid groups (broad SMARTS) is 1. The molecule has 2 rings (SSSR count). The molecule has 0 aromatic rings. The van der Waals surface area contributed by atoms with Gasteiger partial charge in [-0.3, -0.25) is 4.90 Å². The molecule has 0 spiro atoms. The number of halogens is 1. The van der Waals surface area contributed by atoms with Crippen LogP contribution in [0.5, 0.6) is 0 Å². The quantitative estimate of drug-likeness (QED) is 0.382. The van der Waals surface area contributed by atoms with Gasteiger partial charge in [0.15, 0.2) is 5.17 Å². The van der Waals surface area contributed by atoms with Crippen LogP contribution in [0.3, 0.4) is 0 Å². The first-order valence-corrected chi connectivity index (χ1v) is 4.41. The van der Waals surface area contributed by atoms with Crippen molar-refractivity contribution in [3.05, 3.63) is 0 Å². The van der Waals surface area contributed by atoms with Gasteiger partial charge in [-0.2, -0.15) is 0 Å². The summed E-state index contributed by atoms with van der Waals surface area (Å²) in [6.07, 6.45) is 0.606. The van der Waals surface area contributed by atoms with Crippen molar-refractivity contribution >= 4 is 22.9 Å². The van der Waals surface area contributed by atoms with Gasteiger partial charge in [0.2, 0.25) is 0 Å². The Morgan fingerprint density at radius 2 is 2.23 bits per heavy atom. The first-order valence-electron chi connectivity index (χ1n) is 4.04. The van der Waals surface area contributed by atoms with Crippen molar-refractivity contribution in [1.82, 2.24) is 4.90 Å². The lowest BCUT2D eigenvalue weighted by atomic mass is 10.2. The molecule has 1 amide bonds. The molecule has 0 bridgehead atoms. The van der Waals surface area contributed by atoms with Gasteiger partial charge in [0.25, 0.3) is 0 Å². The maximum atomic E-state index is 10.8. The second-order valence-corrected chi connectivity index (χ2v) is 3.81. The SMILES string of the molecule is O=C(O)N1[C@@H](/C(Cl)=N\O)C[C@H]2C[C@H]21. The molecule has 1 saturated heterocycles. The first-order chi connectivity index (χ1) is 6.15. The van der Waals surface area contributed by atoms with Crippen LogP contribution >= 0.6 is 11.6 Å². The molecule has 6 heteroatoms. The lowest BCUT2D eigenvalue weighted by Crippen LogP contribution is -2.40. The molecule has 0 aromatic carbocycles. The highest BCUT2D eigenvalue weighted by atomic mass is 35.5. The molecule has 1 aliphatic heterocycles. The number of oxime groups is 1. The van der Waals surface area contributed by atoms with Crippen LogP contribution in [0.1, 0.15) is 12.8 Å². The van der Waals surface area contributed by atoms with Gasteiger partial charge < -0.3 is 10.3 Å². The van der Waals surface area contributed by atoms with Crippen molar-refractivity contribution in [1.29, 1.82) is 0 Å². The van der Waals surface area contributed by atoms with E-state index in [2.05, 4.69) is 5.16 Å². The van der Waals surface area contributed by atoms with Crippen molar-refractivity contribution in [2.45, 2.75) is 24.9 Å². The molecule has 0 aromatic heterocycles. The van der Waals surface area contributed by atoms with Crippen LogP contribution < -0.4 is 0 Å². The summed E-state index contributed by atoms with van der Waals surface area (Å²) in [5.74, 6) is 0.414. The Hall–Kier alpha value is -0.970. The largest absolute Gasteiger partial charge is 0.465 e. The third-order valence-corrected chi connectivity index (χ3v) is 3.02. The molecule has 2 fully saturated rings. The average molecular weight is 205 g/mol. The van der Waals surface area contributed by atoms with Gasteiger partial charge in [-0.05, 0) is 18.8 Å². The lowest BCUT2D eigenvalue weighted by Gasteiger charge is -2.22. The molecule has 1 heterocycles. The summed E-state index contributed by atoms with van der Waals surface area (Å²) < 4.78 is 0. The van der Waals surface area contributed by atoms with E-state index in [9.17, 15) is 4.79 Å². The van der Waals surface area contributed by atoms with Crippen LogP contribution in [0, 0.1) is 5.92 Å². The van der Waals surface area contributed by atoms with Crippen LogP contribution in [-0.4, -0.2) is 38.6 Å². The zero-order valence-corrected chi connectivity index (χ0v) is 7.48. The first kappa shape index (κ1) is 8.62. The summed E-state index contributed by atoms with van der Waals surface area (Å²) >= 11 is 5.59. The minimum Gasteiger partial charge on any atom is -0.465 e. The fourth-order valence-electron chi connectivity index (χ4n) is 2.01. The van der Waals surface area contributed by atoms with Crippen molar-refractivity contribution in [2.24, 2.45) is 11.1 Å². The van der Waals surface area contributed by atoms with Crippen LogP contribution in [0.2, 0.25) is 0 Å². The summed E-state index contributed by atoms with van der Waals surface area (Å²) in [7, 11) is 0. The molecule has 1 saturated carbocycles. The Morgan fingerprint density at radius 3 is 2.77 bits per heavy atom. The Bertz CT molecular complexity index is 281. The summed E-state index contributed by atoms with van der Waals surface area (Å²) in [5, 5.41) is 20.1. The summed E-state index contributed by atoms with van der Waals surface area (Å²) in [6.45, 7) is 0. The lowest BCUT2D eigenvalue weighted by molar-refractivity contribution is 0.141. The van der Waals surface area contributed by atoms with E-state index in [4.69, 9.17) is 21.9 Å². The summed E-state index contributed by atoms with van der Waals surface area (Å²) in [5.41, 5.74) is 0. The minimum absolute atomic E-state index is 0.0328. The van der Waals surface area contributed by atoms with Crippen molar-refractivity contribution in [3.8, 4) is 0 Å². The highest BCUT2D eigenvalue weighted by Crippen LogP contribution is 2.48. The number of rotatable bonds is 1. The van der Waals surface area contributed by atoms with E-state index in [1.165, 1.54) is 4.90 Å². The molecular weight excluding hydrogens is 196 g/mol. The highest BCUT2D eigenvalue weighted by molar-refractivity contribution is 6.66. The molecule has 3 atom stereocenters. The Labute approximate surface area is 79.6 Å². The minimum atomic E-state index is -0.989. The highest BCUT2D eigenvalue weighted by Gasteiger charge is 2.55. The predicted octanol–water partition coefficient (Wildman–Crippen LogP) is 1.15. The second-order valence-electron chi connectivity index (χ2n) is 3.43. The topological polar surface area (TPSA) is 73.1 Å². The number of nitrogens with zero attached hydrogens (tertiary/aromatic N) is 2. The van der Waals surface area contributed by atoms with Crippen LogP contribution in [0.4, 0.5) is 4.79 Å². The number of piperidine rings is 1. The number of hydrogen-bond acceptors (Lipinski definition) is 3. The number of carbonyl (C=O) groups is 1. The smallest absolute Gasteiger partial charge is 0.408 e. The molecular formula is C7H9ClN2O3. The second kappa shape index (κ2) is 2.77. The number of likely N-dealkylation sites (tertiary alicyclic amines) is 1. The number of hydrogen-bond donors (Lipinski definition) is 2. The predicted molar refractivity (Wildman–Crippen MR) is 45.2 cm³/mol. The molecule has 2 N–H and O–H groups in total. The van der Waals surface area contributed by atoms with E-state index >= 15 is 0 Å². The zero-order valence-electron chi connectivity index (χ0n) is 6.72. The van der Waals surface area contributed by atoms with Gasteiger partial charge in [0, 0.05) is 6.04 Å². The van der Waals surface area contributed by atoms with E-state index in [-0.39, 0.29) is 11.2 Å². The van der Waals surface area contributed by atoms with Crippen molar-refractivity contribution in [3.63, 3.8) is 0 Å². The Kier molecular flexibility index (Phi) is 1.83. The Morgan fingerprint density at radius 1 is 1.54 bits per heavy atom. The molecule has 0 radical (unpaired) electrons. The summed E-state index contributed by atoms with van der Waals surface area (Å²) in [4.78, 5) is 12.1. The van der Waals surface area contributed by atoms with Crippen molar-refractivity contribution in [2.75, 3.05) is 0 Å². The number of fused-ring (bicyclic) bond motifs is 1. The average Bonchev–Trinajstić information content (AvgIpc) is 2.74. The molecule has 1 aliphatic carbocycles. The van der Waals surface area contributed by atoms with Gasteiger partial charge in [0.1, 0.15) is 0 Å². The van der Waals surface area contributed by atoms with Gasteiger partial charge in [-0.1, -0.05) is 16.8 Å².